The molecule has 0 aliphatic carbocycles. The van der Waals surface area contributed by atoms with Crippen LogP contribution in [0.3, 0.4) is 0 Å². The van der Waals surface area contributed by atoms with Gasteiger partial charge in [0.25, 0.3) is 0 Å². The van der Waals surface area contributed by atoms with Crippen LogP contribution in [0.2, 0.25) is 0 Å². The summed E-state index contributed by atoms with van der Waals surface area (Å²) in [6, 6.07) is 12.2. The highest BCUT2D eigenvalue weighted by atomic mass is 16.5. The zero-order valence-corrected chi connectivity index (χ0v) is 12.4. The van der Waals surface area contributed by atoms with E-state index in [0.29, 0.717) is 0 Å². The third kappa shape index (κ3) is 2.42. The van der Waals surface area contributed by atoms with E-state index in [-0.39, 0.29) is 0 Å². The lowest BCUT2D eigenvalue weighted by Crippen LogP contribution is -2.33. The third-order valence-corrected chi connectivity index (χ3v) is 3.93. The average molecular weight is 295 g/mol. The molecule has 1 aliphatic heterocycles. The second-order valence-corrected chi connectivity index (χ2v) is 5.60. The molecular weight excluding hydrogens is 278 g/mol. The van der Waals surface area contributed by atoms with Crippen molar-refractivity contribution in [1.29, 1.82) is 0 Å². The SMILES string of the molecule is Cc1cc(CN2CCn3c(nnc3-c3ccccc3)C2)no1. The number of hydrogen-bond acceptors (Lipinski definition) is 5. The van der Waals surface area contributed by atoms with Crippen LogP contribution in [-0.4, -0.2) is 31.4 Å². The molecule has 3 heterocycles. The second kappa shape index (κ2) is 5.38. The minimum atomic E-state index is 0.783. The first-order chi connectivity index (χ1) is 10.8. The molecule has 112 valence electrons. The maximum atomic E-state index is 5.13. The minimum Gasteiger partial charge on any atom is -0.361 e. The van der Waals surface area contributed by atoms with Crippen molar-refractivity contribution in [3.8, 4) is 11.4 Å². The summed E-state index contributed by atoms with van der Waals surface area (Å²) in [4.78, 5) is 2.32. The molecule has 0 saturated heterocycles. The number of hydrogen-bond donors (Lipinski definition) is 0. The number of rotatable bonds is 3. The van der Waals surface area contributed by atoms with Crippen LogP contribution in [0.4, 0.5) is 0 Å². The van der Waals surface area contributed by atoms with Crippen molar-refractivity contribution in [3.05, 3.63) is 53.7 Å². The summed E-state index contributed by atoms with van der Waals surface area (Å²) in [5.74, 6) is 2.80. The molecular formula is C16H17N5O. The molecule has 0 spiro atoms. The van der Waals surface area contributed by atoms with Crippen LogP contribution in [0.5, 0.6) is 0 Å². The lowest BCUT2D eigenvalue weighted by Gasteiger charge is -2.26. The highest BCUT2D eigenvalue weighted by molar-refractivity contribution is 5.55. The van der Waals surface area contributed by atoms with Crippen LogP contribution < -0.4 is 0 Å². The van der Waals surface area contributed by atoms with Gasteiger partial charge in [0.15, 0.2) is 5.82 Å². The van der Waals surface area contributed by atoms with E-state index < -0.39 is 0 Å². The van der Waals surface area contributed by atoms with Crippen molar-refractivity contribution in [3.63, 3.8) is 0 Å². The summed E-state index contributed by atoms with van der Waals surface area (Å²) in [5.41, 5.74) is 2.08. The fraction of sp³-hybridized carbons (Fsp3) is 0.312. The van der Waals surface area contributed by atoms with Crippen LogP contribution in [-0.2, 0) is 19.6 Å². The Hall–Kier alpha value is -2.47. The van der Waals surface area contributed by atoms with Gasteiger partial charge >= 0.3 is 0 Å². The molecule has 6 nitrogen and oxygen atoms in total. The Bertz CT molecular complexity index is 777. The van der Waals surface area contributed by atoms with Gasteiger partial charge in [0, 0.05) is 31.3 Å². The highest BCUT2D eigenvalue weighted by Gasteiger charge is 2.22. The first kappa shape index (κ1) is 13.2. The Morgan fingerprint density at radius 2 is 2.00 bits per heavy atom. The van der Waals surface area contributed by atoms with Crippen molar-refractivity contribution < 1.29 is 4.52 Å². The first-order valence-electron chi connectivity index (χ1n) is 7.41. The molecule has 3 aromatic rings. The lowest BCUT2D eigenvalue weighted by atomic mass is 10.2. The molecule has 0 amide bonds. The Morgan fingerprint density at radius 3 is 2.77 bits per heavy atom. The van der Waals surface area contributed by atoms with Gasteiger partial charge in [-0.3, -0.25) is 4.90 Å². The van der Waals surface area contributed by atoms with Crippen LogP contribution in [0.15, 0.2) is 40.9 Å². The topological polar surface area (TPSA) is 60.0 Å². The summed E-state index contributed by atoms with van der Waals surface area (Å²) >= 11 is 0. The Labute approximate surface area is 128 Å². The first-order valence-corrected chi connectivity index (χ1v) is 7.41. The molecule has 0 unspecified atom stereocenters. The van der Waals surface area contributed by atoms with Crippen molar-refractivity contribution in [2.75, 3.05) is 6.54 Å². The molecule has 0 bridgehead atoms. The molecule has 22 heavy (non-hydrogen) atoms. The number of nitrogens with zero attached hydrogens (tertiary/aromatic N) is 5. The van der Waals surface area contributed by atoms with Gasteiger partial charge in [0.05, 0.1) is 12.2 Å². The van der Waals surface area contributed by atoms with E-state index >= 15 is 0 Å². The van der Waals surface area contributed by atoms with E-state index in [1.165, 1.54) is 0 Å². The van der Waals surface area contributed by atoms with Gasteiger partial charge in [-0.2, -0.15) is 0 Å². The van der Waals surface area contributed by atoms with Crippen molar-refractivity contribution in [1.82, 2.24) is 24.8 Å². The van der Waals surface area contributed by atoms with Gasteiger partial charge in [0.1, 0.15) is 11.6 Å². The van der Waals surface area contributed by atoms with Gasteiger partial charge < -0.3 is 9.09 Å². The quantitative estimate of drug-likeness (QED) is 0.741. The minimum absolute atomic E-state index is 0.783. The van der Waals surface area contributed by atoms with E-state index in [0.717, 1.165) is 54.8 Å². The number of aryl methyl sites for hydroxylation is 1. The molecule has 1 aliphatic rings. The highest BCUT2D eigenvalue weighted by Crippen LogP contribution is 2.22. The summed E-state index contributed by atoms with van der Waals surface area (Å²) in [6.45, 7) is 5.33. The molecule has 6 heteroatoms. The van der Waals surface area contributed by atoms with Crippen LogP contribution in [0.25, 0.3) is 11.4 Å². The molecule has 4 rings (SSSR count). The van der Waals surface area contributed by atoms with E-state index in [1.54, 1.807) is 0 Å². The molecule has 0 saturated carbocycles. The van der Waals surface area contributed by atoms with Gasteiger partial charge in [-0.1, -0.05) is 35.5 Å². The average Bonchev–Trinajstić information content (AvgIpc) is 3.14. The summed E-state index contributed by atoms with van der Waals surface area (Å²) < 4.78 is 7.34. The van der Waals surface area contributed by atoms with Crippen LogP contribution >= 0.6 is 0 Å². The number of benzene rings is 1. The van der Waals surface area contributed by atoms with Gasteiger partial charge in [-0.25, -0.2) is 0 Å². The molecule has 2 aromatic heterocycles. The summed E-state index contributed by atoms with van der Waals surface area (Å²) in [7, 11) is 0. The standard InChI is InChI=1S/C16H17N5O/c1-12-9-14(19-22-12)10-20-7-8-21-15(11-20)17-18-16(21)13-5-3-2-4-6-13/h2-6,9H,7-8,10-11H2,1H3. The smallest absolute Gasteiger partial charge is 0.164 e. The largest absolute Gasteiger partial charge is 0.361 e. The van der Waals surface area contributed by atoms with Crippen LogP contribution in [0.1, 0.15) is 17.3 Å². The fourth-order valence-electron chi connectivity index (χ4n) is 2.87. The maximum absolute atomic E-state index is 5.13. The predicted octanol–water partition coefficient (Wildman–Crippen LogP) is 2.26. The molecule has 0 radical (unpaired) electrons. The van der Waals surface area contributed by atoms with Crippen LogP contribution in [0, 0.1) is 6.92 Å². The van der Waals surface area contributed by atoms with Gasteiger partial charge in [-0.05, 0) is 6.92 Å². The van der Waals surface area contributed by atoms with Crippen molar-refractivity contribution in [2.45, 2.75) is 26.6 Å². The van der Waals surface area contributed by atoms with E-state index in [4.69, 9.17) is 4.52 Å². The number of aromatic nitrogens is 4. The normalized spacial score (nSPS) is 15.0. The summed E-state index contributed by atoms with van der Waals surface area (Å²) in [6.07, 6.45) is 0. The predicted molar refractivity (Wildman–Crippen MR) is 80.8 cm³/mol. The zero-order chi connectivity index (χ0) is 14.9. The maximum Gasteiger partial charge on any atom is 0.164 e. The van der Waals surface area contributed by atoms with Crippen molar-refractivity contribution >= 4 is 0 Å². The Kier molecular flexibility index (Phi) is 3.23. The molecule has 0 fully saturated rings. The molecule has 1 aromatic carbocycles. The van der Waals surface area contributed by atoms with E-state index in [1.807, 2.05) is 31.2 Å². The fourth-order valence-corrected chi connectivity index (χ4v) is 2.87. The monoisotopic (exact) mass is 295 g/mol. The Balaban J connectivity index is 1.54. The summed E-state index contributed by atoms with van der Waals surface area (Å²) in [5, 5.41) is 12.8. The van der Waals surface area contributed by atoms with Gasteiger partial charge in [-0.15, -0.1) is 10.2 Å². The van der Waals surface area contributed by atoms with Crippen molar-refractivity contribution in [2.24, 2.45) is 0 Å². The number of fused-ring (bicyclic) bond motifs is 1. The molecule has 0 N–H and O–H groups in total. The second-order valence-electron chi connectivity index (χ2n) is 5.60. The molecule has 0 atom stereocenters. The lowest BCUT2D eigenvalue weighted by molar-refractivity contribution is 0.203. The third-order valence-electron chi connectivity index (χ3n) is 3.93. The zero-order valence-electron chi connectivity index (χ0n) is 12.4. The Morgan fingerprint density at radius 1 is 1.14 bits per heavy atom. The van der Waals surface area contributed by atoms with E-state index in [2.05, 4.69) is 37.0 Å². The van der Waals surface area contributed by atoms with Gasteiger partial charge in [0.2, 0.25) is 0 Å². The van der Waals surface area contributed by atoms with E-state index in [9.17, 15) is 0 Å².